The van der Waals surface area contributed by atoms with Gasteiger partial charge in [-0.15, -0.1) is 0 Å². The normalized spacial score (nSPS) is 11.5. The van der Waals surface area contributed by atoms with Crippen molar-refractivity contribution >= 4 is 132 Å². The second kappa shape index (κ2) is 29.8. The summed E-state index contributed by atoms with van der Waals surface area (Å²) in [7, 11) is 0. The summed E-state index contributed by atoms with van der Waals surface area (Å²) in [6, 6.07) is 166. The molecule has 0 saturated heterocycles. The van der Waals surface area contributed by atoms with Crippen LogP contribution in [0.4, 0.5) is 34.1 Å². The van der Waals surface area contributed by atoms with Crippen LogP contribution in [-0.4, -0.2) is 18.7 Å². The minimum atomic E-state index is 0.933. The van der Waals surface area contributed by atoms with E-state index in [9.17, 15) is 0 Å². The highest BCUT2D eigenvalue weighted by atomic mass is 15.2. The van der Waals surface area contributed by atoms with Crippen LogP contribution < -0.4 is 9.80 Å². The van der Waals surface area contributed by atoms with E-state index >= 15 is 0 Å². The molecule has 23 rings (SSSR count). The molecule has 6 heteroatoms. The van der Waals surface area contributed by atoms with Gasteiger partial charge in [0.05, 0.1) is 33.1 Å². The Morgan fingerprint density at radius 3 is 0.966 bits per heavy atom. The van der Waals surface area contributed by atoms with Crippen LogP contribution in [0, 0.1) is 0 Å². The number of rotatable bonds is 14. The van der Waals surface area contributed by atoms with E-state index in [4.69, 9.17) is 4.98 Å². The van der Waals surface area contributed by atoms with Crippen molar-refractivity contribution in [3.63, 3.8) is 0 Å². The Balaban J connectivity index is 0.000000145. The van der Waals surface area contributed by atoms with Gasteiger partial charge < -0.3 is 18.9 Å². The van der Waals surface area contributed by atoms with E-state index in [1.165, 1.54) is 115 Å². The van der Waals surface area contributed by atoms with Crippen LogP contribution in [0.2, 0.25) is 0 Å². The Kier molecular flexibility index (Phi) is 17.5. The third-order valence-electron chi connectivity index (χ3n) is 23.6. The molecule has 0 amide bonds. The highest BCUT2D eigenvalue weighted by Crippen LogP contribution is 2.48. The van der Waals surface area contributed by atoms with Gasteiger partial charge >= 0.3 is 0 Å². The first kappa shape index (κ1) is 69.8. The van der Waals surface area contributed by atoms with Crippen LogP contribution in [0.3, 0.4) is 0 Å². The van der Waals surface area contributed by atoms with E-state index in [-0.39, 0.29) is 0 Å². The molecule has 20 aromatic carbocycles. The molecule has 119 heavy (non-hydrogen) atoms. The standard InChI is InChI=1S/C60H42N4.C53H34N2/c1-5-17-45(18-6-1)61(51-37-39-59-55(41-51)53-25-13-15-27-57(53)63(59)47-21-9-3-10-22-47)49-33-29-43(30-34-49)44-31-35-50(36-32-44)62(46-19-7-2-8-20-46)52-38-40-60-56(42-52)54-26-14-16-28-58(54)64(60)48-23-11-4-12-24-48;1-2-16-44(17-3-1)55-50-21-11-10-20-49(50)54-53(55)38-26-22-37(23-27-38)41-30-31-47-48(34-41)52(43-29-25-36-13-5-7-15-40(36)33-43)46-19-9-8-18-45(46)51(47)42-28-24-35-12-4-6-14-39(35)32-42/h1-42H;1-34H. The summed E-state index contributed by atoms with van der Waals surface area (Å²) < 4.78 is 6.99. The van der Waals surface area contributed by atoms with Crippen molar-refractivity contribution in [2.45, 2.75) is 0 Å². The lowest BCUT2D eigenvalue weighted by Crippen LogP contribution is -2.10. The number of aromatic nitrogens is 4. The summed E-state index contributed by atoms with van der Waals surface area (Å²) in [5.74, 6) is 0.933. The highest BCUT2D eigenvalue weighted by molar-refractivity contribution is 6.23. The van der Waals surface area contributed by atoms with Gasteiger partial charge in [-0.05, 0) is 251 Å². The third kappa shape index (κ3) is 12.6. The third-order valence-corrected chi connectivity index (χ3v) is 23.6. The zero-order chi connectivity index (χ0) is 78.7. The monoisotopic (exact) mass is 1520 g/mol. The molecular formula is C113H76N6. The summed E-state index contributed by atoms with van der Waals surface area (Å²) in [6.07, 6.45) is 0. The second-order valence-corrected chi connectivity index (χ2v) is 30.6. The summed E-state index contributed by atoms with van der Waals surface area (Å²) in [5, 5.41) is 14.9. The zero-order valence-electron chi connectivity index (χ0n) is 65.1. The van der Waals surface area contributed by atoms with Crippen LogP contribution >= 0.6 is 0 Å². The van der Waals surface area contributed by atoms with Gasteiger partial charge in [-0.3, -0.25) is 4.57 Å². The van der Waals surface area contributed by atoms with Gasteiger partial charge in [0.2, 0.25) is 0 Å². The van der Waals surface area contributed by atoms with Crippen molar-refractivity contribution in [2.24, 2.45) is 0 Å². The van der Waals surface area contributed by atoms with Crippen LogP contribution in [0.25, 0.3) is 171 Å². The number of benzene rings is 20. The molecule has 0 unspecified atom stereocenters. The predicted molar refractivity (Wildman–Crippen MR) is 503 cm³/mol. The molecule has 0 bridgehead atoms. The molecule has 0 spiro atoms. The summed E-state index contributed by atoms with van der Waals surface area (Å²) in [4.78, 5) is 9.83. The molecule has 0 saturated carbocycles. The maximum Gasteiger partial charge on any atom is 0.145 e. The smallest absolute Gasteiger partial charge is 0.145 e. The molecule has 0 aliphatic heterocycles. The Labute approximate surface area is 689 Å². The minimum Gasteiger partial charge on any atom is -0.310 e. The maximum atomic E-state index is 5.12. The van der Waals surface area contributed by atoms with Crippen LogP contribution in [0.5, 0.6) is 0 Å². The minimum absolute atomic E-state index is 0.933. The summed E-state index contributed by atoms with van der Waals surface area (Å²) in [6.45, 7) is 0. The fourth-order valence-corrected chi connectivity index (χ4v) is 18.1. The average Bonchev–Trinajstić information content (AvgIpc) is 1.72. The predicted octanol–water partition coefficient (Wildman–Crippen LogP) is 30.8. The van der Waals surface area contributed by atoms with Gasteiger partial charge in [0.15, 0.2) is 0 Å². The molecule has 0 atom stereocenters. The lowest BCUT2D eigenvalue weighted by Gasteiger charge is -2.26. The van der Waals surface area contributed by atoms with Crippen molar-refractivity contribution in [1.29, 1.82) is 0 Å². The van der Waals surface area contributed by atoms with Crippen molar-refractivity contribution in [2.75, 3.05) is 9.80 Å². The van der Waals surface area contributed by atoms with Crippen LogP contribution in [0.1, 0.15) is 0 Å². The Bertz CT molecular complexity index is 7500. The molecule has 0 fully saturated rings. The Morgan fingerprint density at radius 2 is 0.487 bits per heavy atom. The molecule has 558 valence electrons. The molecule has 0 radical (unpaired) electrons. The molecule has 3 aromatic heterocycles. The number of hydrogen-bond acceptors (Lipinski definition) is 3. The number of anilines is 6. The average molecular weight is 1520 g/mol. The van der Waals surface area contributed by atoms with Gasteiger partial charge in [0, 0.05) is 78.3 Å². The van der Waals surface area contributed by atoms with Gasteiger partial charge in [-0.25, -0.2) is 4.98 Å². The van der Waals surface area contributed by atoms with Crippen molar-refractivity contribution in [3.8, 4) is 73.0 Å². The summed E-state index contributed by atoms with van der Waals surface area (Å²) in [5.41, 5.74) is 27.6. The first-order valence-electron chi connectivity index (χ1n) is 40.7. The molecule has 0 N–H and O–H groups in total. The number of nitrogens with zero attached hydrogens (tertiary/aromatic N) is 6. The van der Waals surface area contributed by atoms with Crippen molar-refractivity contribution in [3.05, 3.63) is 461 Å². The molecular weight excluding hydrogens is 1440 g/mol. The van der Waals surface area contributed by atoms with Gasteiger partial charge in [0.25, 0.3) is 0 Å². The van der Waals surface area contributed by atoms with Gasteiger partial charge in [-0.1, -0.05) is 297 Å². The van der Waals surface area contributed by atoms with Gasteiger partial charge in [0.1, 0.15) is 5.82 Å². The SMILES string of the molecule is c1ccc(-n2c(-c3ccc(-c4ccc5c(-c6ccc7ccccc7c6)c6ccccc6c(-c6ccc7ccccc7c6)c5c4)cc3)nc3ccccc32)cc1.c1ccc(N(c2ccc(-c3ccc(N(c4ccccc4)c4ccc5c(c4)c4ccccc4n5-c4ccccc4)cc3)cc2)c2ccc3c(c2)c2ccccc2n3-c2ccccc2)cc1. The Hall–Kier alpha value is -15.9. The Morgan fingerprint density at radius 1 is 0.168 bits per heavy atom. The van der Waals surface area contributed by atoms with Crippen molar-refractivity contribution in [1.82, 2.24) is 18.7 Å². The first-order chi connectivity index (χ1) is 59.0. The molecule has 0 aliphatic carbocycles. The van der Waals surface area contributed by atoms with Crippen molar-refractivity contribution < 1.29 is 0 Å². The summed E-state index contributed by atoms with van der Waals surface area (Å²) >= 11 is 0. The number of imidazole rings is 1. The molecule has 3 heterocycles. The fraction of sp³-hybridized carbons (Fsp3) is 0. The highest BCUT2D eigenvalue weighted by Gasteiger charge is 2.24. The second-order valence-electron chi connectivity index (χ2n) is 30.6. The lowest BCUT2D eigenvalue weighted by atomic mass is 9.84. The maximum absolute atomic E-state index is 5.12. The molecule has 6 nitrogen and oxygen atoms in total. The quantitative estimate of drug-likeness (QED) is 0.102. The van der Waals surface area contributed by atoms with E-state index in [0.717, 1.165) is 90.3 Å². The lowest BCUT2D eigenvalue weighted by molar-refractivity contribution is 1.10. The van der Waals surface area contributed by atoms with Gasteiger partial charge in [-0.2, -0.15) is 0 Å². The fourth-order valence-electron chi connectivity index (χ4n) is 18.1. The van der Waals surface area contributed by atoms with E-state index in [0.29, 0.717) is 0 Å². The first-order valence-corrected chi connectivity index (χ1v) is 40.7. The number of para-hydroxylation sites is 9. The molecule has 23 aromatic rings. The number of fused-ring (bicyclic) bond motifs is 11. The number of hydrogen-bond donors (Lipinski definition) is 0. The topological polar surface area (TPSA) is 34.2 Å². The van der Waals surface area contributed by atoms with Crippen LogP contribution in [-0.2, 0) is 0 Å². The van der Waals surface area contributed by atoms with Crippen LogP contribution in [0.15, 0.2) is 461 Å². The van der Waals surface area contributed by atoms with E-state index in [2.05, 4.69) is 485 Å². The molecule has 0 aliphatic rings. The van der Waals surface area contributed by atoms with E-state index < -0.39 is 0 Å². The zero-order valence-corrected chi connectivity index (χ0v) is 65.1. The largest absolute Gasteiger partial charge is 0.310 e. The van der Waals surface area contributed by atoms with E-state index in [1.807, 2.05) is 0 Å². The van der Waals surface area contributed by atoms with E-state index in [1.54, 1.807) is 0 Å².